The van der Waals surface area contributed by atoms with Gasteiger partial charge in [-0.2, -0.15) is 0 Å². The average molecular weight is 303 g/mol. The van der Waals surface area contributed by atoms with Gasteiger partial charge in [0.15, 0.2) is 9.84 Å². The maximum absolute atomic E-state index is 12.1. The van der Waals surface area contributed by atoms with Gasteiger partial charge in [-0.1, -0.05) is 0 Å². The van der Waals surface area contributed by atoms with E-state index in [4.69, 9.17) is 5.73 Å². The smallest absolute Gasteiger partial charge is 0.271 e. The van der Waals surface area contributed by atoms with E-state index in [1.54, 1.807) is 19.2 Å². The Bertz CT molecular complexity index is 594. The van der Waals surface area contributed by atoms with Crippen molar-refractivity contribution in [1.82, 2.24) is 10.3 Å². The molecule has 6 nitrogen and oxygen atoms in total. The van der Waals surface area contributed by atoms with Crippen LogP contribution in [-0.2, 0) is 9.84 Å². The van der Waals surface area contributed by atoms with Crippen LogP contribution in [0.1, 0.15) is 41.8 Å². The van der Waals surface area contributed by atoms with Crippen LogP contribution in [0.25, 0.3) is 0 Å². The minimum absolute atomic E-state index is 0.0178. The Hall–Kier alpha value is -0.990. The summed E-state index contributed by atoms with van der Waals surface area (Å²) in [4.78, 5) is 16.2. The van der Waals surface area contributed by atoms with Crippen LogP contribution in [0.15, 0.2) is 5.38 Å². The molecule has 0 aliphatic carbocycles. The van der Waals surface area contributed by atoms with Gasteiger partial charge in [0.25, 0.3) is 5.91 Å². The summed E-state index contributed by atoms with van der Waals surface area (Å²) in [6.45, 7) is 3.54. The fourth-order valence-electron chi connectivity index (χ4n) is 2.05. The molecule has 0 aromatic carbocycles. The van der Waals surface area contributed by atoms with Crippen molar-refractivity contribution in [3.8, 4) is 0 Å². The molecule has 106 valence electrons. The van der Waals surface area contributed by atoms with E-state index >= 15 is 0 Å². The number of hydrogen-bond acceptors (Lipinski definition) is 6. The lowest BCUT2D eigenvalue weighted by molar-refractivity contribution is 0.0910. The molecule has 2 unspecified atom stereocenters. The molecule has 3 N–H and O–H groups in total. The Morgan fingerprint density at radius 1 is 1.63 bits per heavy atom. The molecule has 1 amide bonds. The van der Waals surface area contributed by atoms with Crippen molar-refractivity contribution in [3.05, 3.63) is 16.1 Å². The number of rotatable bonds is 3. The van der Waals surface area contributed by atoms with E-state index in [9.17, 15) is 13.2 Å². The highest BCUT2D eigenvalue weighted by atomic mass is 32.2. The molecule has 1 aliphatic rings. The lowest BCUT2D eigenvalue weighted by atomic mass is 10.0. The Morgan fingerprint density at radius 3 is 2.79 bits per heavy atom. The molecule has 0 radical (unpaired) electrons. The van der Waals surface area contributed by atoms with Gasteiger partial charge in [-0.3, -0.25) is 4.79 Å². The minimum atomic E-state index is -3.04. The van der Waals surface area contributed by atoms with Crippen LogP contribution >= 0.6 is 11.3 Å². The number of aromatic nitrogens is 1. The van der Waals surface area contributed by atoms with Crippen LogP contribution in [0.4, 0.5) is 0 Å². The molecule has 0 saturated carbocycles. The summed E-state index contributed by atoms with van der Waals surface area (Å²) in [6, 6.07) is -0.214. The number of nitrogens with zero attached hydrogens (tertiary/aromatic N) is 1. The number of thiazole rings is 1. The van der Waals surface area contributed by atoms with Gasteiger partial charge in [0.05, 0.1) is 23.1 Å². The number of nitrogens with one attached hydrogen (secondary N) is 1. The molecule has 2 rings (SSSR count). The first-order valence-electron chi connectivity index (χ1n) is 5.95. The molecule has 0 bridgehead atoms. The van der Waals surface area contributed by atoms with Gasteiger partial charge in [0.1, 0.15) is 10.7 Å². The maximum atomic E-state index is 12.1. The van der Waals surface area contributed by atoms with E-state index in [-0.39, 0.29) is 23.5 Å². The van der Waals surface area contributed by atoms with Crippen molar-refractivity contribution < 1.29 is 13.2 Å². The molecule has 0 spiro atoms. The topological polar surface area (TPSA) is 102 Å². The van der Waals surface area contributed by atoms with Crippen LogP contribution < -0.4 is 11.1 Å². The Morgan fingerprint density at radius 2 is 2.32 bits per heavy atom. The van der Waals surface area contributed by atoms with Crippen LogP contribution in [0.5, 0.6) is 0 Å². The average Bonchev–Trinajstić information content (AvgIpc) is 2.83. The van der Waals surface area contributed by atoms with Crippen molar-refractivity contribution in [2.24, 2.45) is 5.73 Å². The summed E-state index contributed by atoms with van der Waals surface area (Å²) in [7, 11) is -3.04. The maximum Gasteiger partial charge on any atom is 0.271 e. The van der Waals surface area contributed by atoms with E-state index in [0.29, 0.717) is 17.1 Å². The number of sulfone groups is 1. The van der Waals surface area contributed by atoms with E-state index in [1.165, 1.54) is 11.3 Å². The highest BCUT2D eigenvalue weighted by Crippen LogP contribution is 2.24. The van der Waals surface area contributed by atoms with Crippen LogP contribution in [0.2, 0.25) is 0 Å². The molecule has 2 heterocycles. The second kappa shape index (κ2) is 4.84. The molecule has 1 aromatic rings. The van der Waals surface area contributed by atoms with Gasteiger partial charge in [0.2, 0.25) is 0 Å². The fraction of sp³-hybridized carbons (Fsp3) is 0.636. The van der Waals surface area contributed by atoms with Gasteiger partial charge in [-0.05, 0) is 20.3 Å². The quantitative estimate of drug-likeness (QED) is 0.845. The van der Waals surface area contributed by atoms with Crippen molar-refractivity contribution in [2.45, 2.75) is 31.8 Å². The third kappa shape index (κ3) is 3.31. The highest BCUT2D eigenvalue weighted by molar-refractivity contribution is 7.91. The summed E-state index contributed by atoms with van der Waals surface area (Å²) in [6.07, 6.45) is 0.436. The van der Waals surface area contributed by atoms with E-state index in [0.717, 1.165) is 0 Å². The molecular formula is C11H17N3O3S2. The zero-order chi connectivity index (χ0) is 14.3. The summed E-state index contributed by atoms with van der Waals surface area (Å²) in [5, 5.41) is 5.09. The van der Waals surface area contributed by atoms with Gasteiger partial charge < -0.3 is 11.1 Å². The van der Waals surface area contributed by atoms with Gasteiger partial charge in [-0.25, -0.2) is 13.4 Å². The van der Waals surface area contributed by atoms with Gasteiger partial charge in [-0.15, -0.1) is 11.3 Å². The largest absolute Gasteiger partial charge is 0.344 e. The molecular weight excluding hydrogens is 286 g/mol. The second-order valence-corrected chi connectivity index (χ2v) is 8.29. The summed E-state index contributed by atoms with van der Waals surface area (Å²) >= 11 is 1.33. The predicted octanol–water partition coefficient (Wildman–Crippen LogP) is 0.470. The minimum Gasteiger partial charge on any atom is -0.344 e. The number of amides is 1. The number of carbonyl (C=O) groups is 1. The van der Waals surface area contributed by atoms with Crippen molar-refractivity contribution >= 4 is 27.1 Å². The number of carbonyl (C=O) groups excluding carboxylic acids is 1. The molecule has 19 heavy (non-hydrogen) atoms. The third-order valence-corrected chi connectivity index (χ3v) is 6.01. The van der Waals surface area contributed by atoms with Crippen LogP contribution in [0.3, 0.4) is 0 Å². The first kappa shape index (κ1) is 14.4. The van der Waals surface area contributed by atoms with Crippen LogP contribution in [-0.4, -0.2) is 36.4 Å². The summed E-state index contributed by atoms with van der Waals surface area (Å²) < 4.78 is 23.0. The normalized spacial score (nSPS) is 27.1. The first-order chi connectivity index (χ1) is 8.71. The number of hydrogen-bond donors (Lipinski definition) is 2. The Kier molecular flexibility index (Phi) is 3.67. The summed E-state index contributed by atoms with van der Waals surface area (Å²) in [5.41, 5.74) is 5.28. The predicted molar refractivity (Wildman–Crippen MR) is 73.9 cm³/mol. The lowest BCUT2D eigenvalue weighted by Gasteiger charge is -2.23. The van der Waals surface area contributed by atoms with E-state index in [1.807, 2.05) is 0 Å². The summed E-state index contributed by atoms with van der Waals surface area (Å²) in [5.74, 6) is -0.246. The van der Waals surface area contributed by atoms with Crippen molar-refractivity contribution in [2.75, 3.05) is 11.5 Å². The molecule has 1 aromatic heterocycles. The Labute approximate surface area is 116 Å². The molecule has 1 aliphatic heterocycles. The number of nitrogens with two attached hydrogens (primary N) is 1. The second-order valence-electron chi connectivity index (χ2n) is 5.22. The van der Waals surface area contributed by atoms with Crippen molar-refractivity contribution in [3.63, 3.8) is 0 Å². The third-order valence-electron chi connectivity index (χ3n) is 3.06. The van der Waals surface area contributed by atoms with Gasteiger partial charge in [0, 0.05) is 5.38 Å². The van der Waals surface area contributed by atoms with Crippen molar-refractivity contribution in [1.29, 1.82) is 0 Å². The zero-order valence-electron chi connectivity index (χ0n) is 10.8. The monoisotopic (exact) mass is 303 g/mol. The molecule has 1 saturated heterocycles. The lowest BCUT2D eigenvalue weighted by Crippen LogP contribution is -2.47. The molecule has 8 heteroatoms. The first-order valence-corrected chi connectivity index (χ1v) is 8.65. The molecule has 1 fully saturated rings. The standard InChI is InChI=1S/C11H17N3O3S2/c1-7(12)10-13-8(5-18-10)9(15)14-11(2)3-4-19(16,17)6-11/h5,7H,3-4,6,12H2,1-2H3,(H,14,15). The highest BCUT2D eigenvalue weighted by Gasteiger charge is 2.39. The molecule has 2 atom stereocenters. The SMILES string of the molecule is CC(N)c1nc(C(=O)NC2(C)CCS(=O)(=O)C2)cs1. The fourth-order valence-corrected chi connectivity index (χ4v) is 4.90. The van der Waals surface area contributed by atoms with Crippen LogP contribution in [0, 0.1) is 0 Å². The Balaban J connectivity index is 2.09. The van der Waals surface area contributed by atoms with Gasteiger partial charge >= 0.3 is 0 Å². The zero-order valence-corrected chi connectivity index (χ0v) is 12.5. The van der Waals surface area contributed by atoms with E-state index < -0.39 is 15.4 Å². The van der Waals surface area contributed by atoms with E-state index in [2.05, 4.69) is 10.3 Å².